The number of aliphatic carboxylic acids is 1. The molecule has 1 unspecified atom stereocenters. The van der Waals surface area contributed by atoms with Gasteiger partial charge in [0.15, 0.2) is 0 Å². The molecule has 2 rings (SSSR count). The molecule has 6 heteroatoms. The molecule has 0 aliphatic carbocycles. The van der Waals surface area contributed by atoms with Crippen LogP contribution in [-0.2, 0) is 9.53 Å². The van der Waals surface area contributed by atoms with Crippen molar-refractivity contribution < 1.29 is 24.2 Å². The number of carbonyl (C=O) groups is 2. The molecule has 2 N–H and O–H groups in total. The Kier molecular flexibility index (Phi) is 6.82. The van der Waals surface area contributed by atoms with Crippen molar-refractivity contribution in [3.63, 3.8) is 0 Å². The molecule has 25 heavy (non-hydrogen) atoms. The third-order valence-corrected chi connectivity index (χ3v) is 4.80. The quantitative estimate of drug-likeness (QED) is 0.716. The molecular weight excluding hydrogens is 322 g/mol. The minimum atomic E-state index is -0.915. The second kappa shape index (κ2) is 8.85. The lowest BCUT2D eigenvalue weighted by Gasteiger charge is -2.31. The first-order valence-corrected chi connectivity index (χ1v) is 8.87. The SMILES string of the molecule is CCC(CC)(CC(=O)O)NC(=O)c1ccc(OCC2CCCO2)cc1. The van der Waals surface area contributed by atoms with Crippen molar-refractivity contribution in [3.05, 3.63) is 29.8 Å². The van der Waals surface area contributed by atoms with Crippen LogP contribution in [0, 0.1) is 0 Å². The Balaban J connectivity index is 1.95. The maximum atomic E-state index is 12.5. The average molecular weight is 349 g/mol. The van der Waals surface area contributed by atoms with Crippen LogP contribution in [0.15, 0.2) is 24.3 Å². The fourth-order valence-electron chi connectivity index (χ4n) is 2.99. The Morgan fingerprint density at radius 2 is 1.96 bits per heavy atom. The number of hydrogen-bond donors (Lipinski definition) is 2. The molecule has 1 heterocycles. The second-order valence-corrected chi connectivity index (χ2v) is 6.48. The normalized spacial score (nSPS) is 17.3. The number of carboxylic acids is 1. The zero-order valence-corrected chi connectivity index (χ0v) is 14.9. The Bertz CT molecular complexity index is 574. The van der Waals surface area contributed by atoms with Crippen LogP contribution in [0.5, 0.6) is 5.75 Å². The van der Waals surface area contributed by atoms with Crippen LogP contribution in [0.25, 0.3) is 0 Å². The monoisotopic (exact) mass is 349 g/mol. The van der Waals surface area contributed by atoms with Crippen molar-refractivity contribution >= 4 is 11.9 Å². The maximum Gasteiger partial charge on any atom is 0.305 e. The Labute approximate surface area is 148 Å². The van der Waals surface area contributed by atoms with Crippen LogP contribution >= 0.6 is 0 Å². The van der Waals surface area contributed by atoms with Gasteiger partial charge in [-0.3, -0.25) is 9.59 Å². The third-order valence-electron chi connectivity index (χ3n) is 4.80. The summed E-state index contributed by atoms with van der Waals surface area (Å²) in [5.74, 6) is -0.493. The third kappa shape index (κ3) is 5.46. The highest BCUT2D eigenvalue weighted by atomic mass is 16.5. The fraction of sp³-hybridized carbons (Fsp3) is 0.579. The number of amides is 1. The van der Waals surface area contributed by atoms with Gasteiger partial charge in [-0.25, -0.2) is 0 Å². The number of nitrogens with one attached hydrogen (secondary N) is 1. The lowest BCUT2D eigenvalue weighted by atomic mass is 9.88. The molecule has 1 atom stereocenters. The van der Waals surface area contributed by atoms with Gasteiger partial charge >= 0.3 is 5.97 Å². The van der Waals surface area contributed by atoms with Gasteiger partial charge in [0.2, 0.25) is 0 Å². The van der Waals surface area contributed by atoms with Crippen LogP contribution in [0.4, 0.5) is 0 Å². The molecule has 1 fully saturated rings. The van der Waals surface area contributed by atoms with Gasteiger partial charge in [0, 0.05) is 12.2 Å². The molecule has 0 aromatic heterocycles. The summed E-state index contributed by atoms with van der Waals surface area (Å²) in [6.45, 7) is 5.07. The summed E-state index contributed by atoms with van der Waals surface area (Å²) in [5.41, 5.74) is -0.237. The number of rotatable bonds is 9. The fourth-order valence-corrected chi connectivity index (χ4v) is 2.99. The summed E-state index contributed by atoms with van der Waals surface area (Å²) in [7, 11) is 0. The predicted octanol–water partition coefficient (Wildman–Crippen LogP) is 3.01. The number of hydrogen-bond acceptors (Lipinski definition) is 4. The molecule has 0 radical (unpaired) electrons. The molecule has 138 valence electrons. The van der Waals surface area contributed by atoms with E-state index in [1.54, 1.807) is 24.3 Å². The van der Waals surface area contributed by atoms with Crippen molar-refractivity contribution in [1.29, 1.82) is 0 Å². The summed E-state index contributed by atoms with van der Waals surface area (Å²) in [6.07, 6.45) is 3.26. The highest BCUT2D eigenvalue weighted by molar-refractivity contribution is 5.95. The average Bonchev–Trinajstić information content (AvgIpc) is 3.12. The van der Waals surface area contributed by atoms with Crippen molar-refractivity contribution in [2.24, 2.45) is 0 Å². The summed E-state index contributed by atoms with van der Waals surface area (Å²) in [6, 6.07) is 6.88. The molecule has 0 spiro atoms. The van der Waals surface area contributed by atoms with E-state index in [2.05, 4.69) is 5.32 Å². The van der Waals surface area contributed by atoms with E-state index in [9.17, 15) is 9.59 Å². The van der Waals surface area contributed by atoms with E-state index < -0.39 is 11.5 Å². The highest BCUT2D eigenvalue weighted by Crippen LogP contribution is 2.22. The van der Waals surface area contributed by atoms with Crippen LogP contribution in [0.1, 0.15) is 56.3 Å². The molecule has 1 aromatic rings. The van der Waals surface area contributed by atoms with E-state index in [4.69, 9.17) is 14.6 Å². The number of benzene rings is 1. The van der Waals surface area contributed by atoms with Gasteiger partial charge in [-0.2, -0.15) is 0 Å². The molecule has 1 aromatic carbocycles. The molecule has 1 amide bonds. The topological polar surface area (TPSA) is 84.9 Å². The van der Waals surface area contributed by atoms with E-state index in [-0.39, 0.29) is 18.4 Å². The zero-order valence-electron chi connectivity index (χ0n) is 14.9. The van der Waals surface area contributed by atoms with Crippen molar-refractivity contribution in [2.45, 2.75) is 57.6 Å². The first kappa shape index (κ1) is 19.2. The Hall–Kier alpha value is -2.08. The van der Waals surface area contributed by atoms with Gasteiger partial charge in [-0.05, 0) is 49.9 Å². The highest BCUT2D eigenvalue weighted by Gasteiger charge is 2.31. The van der Waals surface area contributed by atoms with E-state index in [1.165, 1.54) is 0 Å². The largest absolute Gasteiger partial charge is 0.491 e. The van der Waals surface area contributed by atoms with Gasteiger partial charge < -0.3 is 19.9 Å². The van der Waals surface area contributed by atoms with E-state index in [0.29, 0.717) is 30.8 Å². The van der Waals surface area contributed by atoms with Crippen LogP contribution < -0.4 is 10.1 Å². The van der Waals surface area contributed by atoms with Crippen LogP contribution in [0.2, 0.25) is 0 Å². The van der Waals surface area contributed by atoms with E-state index in [1.807, 2.05) is 13.8 Å². The van der Waals surface area contributed by atoms with Gasteiger partial charge in [0.05, 0.1) is 18.1 Å². The standard InChI is InChI=1S/C19H27NO5/c1-3-19(4-2,12-17(21)22)20-18(23)14-7-9-15(10-8-14)25-13-16-6-5-11-24-16/h7-10,16H,3-6,11-13H2,1-2H3,(H,20,23)(H,21,22). The van der Waals surface area contributed by atoms with Crippen LogP contribution in [-0.4, -0.2) is 41.8 Å². The minimum Gasteiger partial charge on any atom is -0.491 e. The molecule has 1 aliphatic rings. The van der Waals surface area contributed by atoms with Gasteiger partial charge in [0.25, 0.3) is 5.91 Å². The lowest BCUT2D eigenvalue weighted by molar-refractivity contribution is -0.138. The van der Waals surface area contributed by atoms with E-state index in [0.717, 1.165) is 19.4 Å². The summed E-state index contributed by atoms with van der Waals surface area (Å²) < 4.78 is 11.2. The van der Waals surface area contributed by atoms with Crippen molar-refractivity contribution in [1.82, 2.24) is 5.32 Å². The first-order chi connectivity index (χ1) is 12.0. The van der Waals surface area contributed by atoms with Crippen LogP contribution in [0.3, 0.4) is 0 Å². The molecule has 0 bridgehead atoms. The summed E-state index contributed by atoms with van der Waals surface area (Å²) in [5, 5.41) is 12.0. The Morgan fingerprint density at radius 1 is 1.28 bits per heavy atom. The van der Waals surface area contributed by atoms with E-state index >= 15 is 0 Å². The smallest absolute Gasteiger partial charge is 0.305 e. The first-order valence-electron chi connectivity index (χ1n) is 8.87. The summed E-state index contributed by atoms with van der Waals surface area (Å²) >= 11 is 0. The molecule has 0 saturated carbocycles. The summed E-state index contributed by atoms with van der Waals surface area (Å²) in [4.78, 5) is 23.6. The zero-order chi connectivity index (χ0) is 18.3. The Morgan fingerprint density at radius 3 is 2.48 bits per heavy atom. The molecular formula is C19H27NO5. The second-order valence-electron chi connectivity index (χ2n) is 6.48. The maximum absolute atomic E-state index is 12.5. The minimum absolute atomic E-state index is 0.0890. The van der Waals surface area contributed by atoms with Gasteiger partial charge in [-0.1, -0.05) is 13.8 Å². The molecule has 6 nitrogen and oxygen atoms in total. The van der Waals surface area contributed by atoms with Crippen molar-refractivity contribution in [3.8, 4) is 5.75 Å². The number of ether oxygens (including phenoxy) is 2. The van der Waals surface area contributed by atoms with Gasteiger partial charge in [-0.15, -0.1) is 0 Å². The molecule has 1 aliphatic heterocycles. The van der Waals surface area contributed by atoms with Gasteiger partial charge in [0.1, 0.15) is 12.4 Å². The number of carbonyl (C=O) groups excluding carboxylic acids is 1. The lowest BCUT2D eigenvalue weighted by Crippen LogP contribution is -2.49. The molecule has 1 saturated heterocycles. The predicted molar refractivity (Wildman–Crippen MR) is 93.9 cm³/mol. The van der Waals surface area contributed by atoms with Crippen molar-refractivity contribution in [2.75, 3.05) is 13.2 Å². The number of carboxylic acid groups (broad SMARTS) is 1.